The van der Waals surface area contributed by atoms with E-state index in [9.17, 15) is 0 Å². The van der Waals surface area contributed by atoms with Crippen LogP contribution >= 0.6 is 0 Å². The highest BCUT2D eigenvalue weighted by molar-refractivity contribution is 5.74. The largest absolute Gasteiger partial charge is 1.00 e. The molecular weight excluding hydrogens is 303 g/mol. The molecule has 0 radical (unpaired) electrons. The Labute approximate surface area is 105 Å². The van der Waals surface area contributed by atoms with Crippen molar-refractivity contribution in [1.82, 2.24) is 4.57 Å². The molecule has 2 aromatic rings. The summed E-state index contributed by atoms with van der Waals surface area (Å²) < 4.78 is 9.66. The molecule has 0 unspecified atom stereocenters. The third-order valence-corrected chi connectivity index (χ3v) is 2.58. The molecule has 3 heterocycles. The van der Waals surface area contributed by atoms with Crippen LogP contribution < -0.4 is 24.0 Å². The molecule has 0 amide bonds. The molecule has 0 aromatic carbocycles. The van der Waals surface area contributed by atoms with Crippen LogP contribution in [0.4, 0.5) is 5.88 Å². The summed E-state index contributed by atoms with van der Waals surface area (Å²) >= 11 is 0. The average molecular weight is 314 g/mol. The highest BCUT2D eigenvalue weighted by atomic mass is 127. The quantitative estimate of drug-likeness (QED) is 0.444. The van der Waals surface area contributed by atoms with Crippen molar-refractivity contribution in [3.8, 4) is 0 Å². The third-order valence-electron chi connectivity index (χ3n) is 2.58. The van der Waals surface area contributed by atoms with Crippen molar-refractivity contribution in [3.05, 3.63) is 41.9 Å². The van der Waals surface area contributed by atoms with Crippen LogP contribution in [0.5, 0.6) is 0 Å². The molecule has 0 saturated heterocycles. The Morgan fingerprint density at radius 3 is 3.13 bits per heavy atom. The summed E-state index contributed by atoms with van der Waals surface area (Å²) in [5.74, 6) is 0.939. The number of furan rings is 1. The molecule has 3 rings (SSSR count). The fourth-order valence-corrected chi connectivity index (χ4v) is 1.89. The van der Waals surface area contributed by atoms with Crippen LogP contribution in [0.2, 0.25) is 0 Å². The molecule has 15 heavy (non-hydrogen) atoms. The average Bonchev–Trinajstić information content (AvgIpc) is 2.75. The van der Waals surface area contributed by atoms with E-state index in [-0.39, 0.29) is 24.0 Å². The smallest absolute Gasteiger partial charge is 0.377 e. The lowest BCUT2D eigenvalue weighted by atomic mass is 10.3. The van der Waals surface area contributed by atoms with Crippen LogP contribution in [0.15, 0.2) is 35.1 Å². The van der Waals surface area contributed by atoms with E-state index < -0.39 is 0 Å². The lowest BCUT2D eigenvalue weighted by molar-refractivity contribution is -0.416. The van der Waals surface area contributed by atoms with Crippen molar-refractivity contribution in [1.29, 1.82) is 0 Å². The Morgan fingerprint density at radius 1 is 1.40 bits per heavy atom. The van der Waals surface area contributed by atoms with Crippen LogP contribution in [-0.2, 0) is 6.54 Å². The van der Waals surface area contributed by atoms with Crippen LogP contribution in [0.3, 0.4) is 0 Å². The van der Waals surface area contributed by atoms with Crippen LogP contribution in [-0.4, -0.2) is 22.4 Å². The van der Waals surface area contributed by atoms with Crippen molar-refractivity contribution in [2.45, 2.75) is 6.54 Å². The minimum Gasteiger partial charge on any atom is -1.00 e. The molecular formula is C11H11IN2O. The van der Waals surface area contributed by atoms with Gasteiger partial charge in [0.1, 0.15) is 12.7 Å². The molecule has 0 atom stereocenters. The zero-order chi connectivity index (χ0) is 9.54. The van der Waals surface area contributed by atoms with Gasteiger partial charge in [-0.25, -0.2) is 0 Å². The summed E-state index contributed by atoms with van der Waals surface area (Å²) in [5, 5.41) is 0. The molecule has 3 nitrogen and oxygen atoms in total. The van der Waals surface area contributed by atoms with Crippen molar-refractivity contribution >= 4 is 12.1 Å². The summed E-state index contributed by atoms with van der Waals surface area (Å²) in [7, 11) is 2.00. The fourth-order valence-electron chi connectivity index (χ4n) is 1.89. The number of nitrogens with zero attached hydrogens (tertiary/aromatic N) is 2. The van der Waals surface area contributed by atoms with Gasteiger partial charge in [0.25, 0.3) is 0 Å². The van der Waals surface area contributed by atoms with Gasteiger partial charge in [0, 0.05) is 6.20 Å². The van der Waals surface area contributed by atoms with Crippen LogP contribution in [0, 0.1) is 0 Å². The van der Waals surface area contributed by atoms with Gasteiger partial charge >= 0.3 is 5.88 Å². The Balaban J connectivity index is 0.000000853. The van der Waals surface area contributed by atoms with Gasteiger partial charge in [0.05, 0.1) is 18.4 Å². The number of aromatic nitrogens is 1. The first-order valence-electron chi connectivity index (χ1n) is 4.64. The standard InChI is InChI=1S/C11H11N2O.HI/c1-12-8-10-3-2-5-13(10)7-9-4-6-14-11(9)12;/h2-6,8H,7H2,1H3;1H/q+1;/p-1. The summed E-state index contributed by atoms with van der Waals surface area (Å²) in [4.78, 5) is 0. The lowest BCUT2D eigenvalue weighted by Crippen LogP contribution is -3.00. The number of rotatable bonds is 0. The highest BCUT2D eigenvalue weighted by Crippen LogP contribution is 2.23. The van der Waals surface area contributed by atoms with E-state index in [0.717, 1.165) is 12.4 Å². The van der Waals surface area contributed by atoms with Crippen molar-refractivity contribution < 1.29 is 33.0 Å². The summed E-state index contributed by atoms with van der Waals surface area (Å²) in [5.41, 5.74) is 2.43. The number of fused-ring (bicyclic) bond motifs is 2. The summed E-state index contributed by atoms with van der Waals surface area (Å²) in [6, 6.07) is 6.18. The molecule has 0 bridgehead atoms. The van der Waals surface area contributed by atoms with Crippen LogP contribution in [0.25, 0.3) is 0 Å². The maximum Gasteiger partial charge on any atom is 0.377 e. The molecule has 0 fully saturated rings. The van der Waals surface area contributed by atoms with Gasteiger partial charge in [0.2, 0.25) is 0 Å². The molecule has 0 aliphatic carbocycles. The van der Waals surface area contributed by atoms with E-state index in [2.05, 4.69) is 29.1 Å². The minimum atomic E-state index is 0. The second kappa shape index (κ2) is 3.84. The van der Waals surface area contributed by atoms with E-state index >= 15 is 0 Å². The van der Waals surface area contributed by atoms with Crippen molar-refractivity contribution in [3.63, 3.8) is 0 Å². The first-order chi connectivity index (χ1) is 6.84. The molecule has 1 aliphatic heterocycles. The van der Waals surface area contributed by atoms with E-state index in [1.807, 2.05) is 17.7 Å². The van der Waals surface area contributed by atoms with Gasteiger partial charge < -0.3 is 33.0 Å². The molecule has 0 saturated carbocycles. The second-order valence-electron chi connectivity index (χ2n) is 3.55. The molecule has 0 spiro atoms. The monoisotopic (exact) mass is 314 g/mol. The highest BCUT2D eigenvalue weighted by Gasteiger charge is 2.20. The van der Waals surface area contributed by atoms with Gasteiger partial charge in [-0.2, -0.15) is 4.58 Å². The zero-order valence-electron chi connectivity index (χ0n) is 8.35. The Hall–Kier alpha value is -1.04. The first kappa shape index (κ1) is 10.5. The summed E-state index contributed by atoms with van der Waals surface area (Å²) in [6.45, 7) is 0.884. The van der Waals surface area contributed by atoms with Crippen molar-refractivity contribution in [2.24, 2.45) is 0 Å². The Bertz CT molecular complexity index is 510. The molecule has 1 aliphatic rings. The lowest BCUT2D eigenvalue weighted by Gasteiger charge is -1.98. The maximum atomic E-state index is 5.43. The van der Waals surface area contributed by atoms with Crippen LogP contribution in [0.1, 0.15) is 11.3 Å². The predicted molar refractivity (Wildman–Crippen MR) is 53.3 cm³/mol. The van der Waals surface area contributed by atoms with Gasteiger partial charge in [-0.15, -0.1) is 0 Å². The fraction of sp³-hybridized carbons (Fsp3) is 0.182. The number of hydrogen-bond donors (Lipinski definition) is 0. The molecule has 78 valence electrons. The number of halogens is 1. The van der Waals surface area contributed by atoms with E-state index in [1.165, 1.54) is 11.3 Å². The normalized spacial score (nSPS) is 13.3. The second-order valence-corrected chi connectivity index (χ2v) is 3.55. The zero-order valence-corrected chi connectivity index (χ0v) is 10.5. The Morgan fingerprint density at radius 2 is 2.27 bits per heavy atom. The van der Waals surface area contributed by atoms with E-state index in [0.29, 0.717) is 0 Å². The van der Waals surface area contributed by atoms with Gasteiger partial charge in [-0.1, -0.05) is 0 Å². The topological polar surface area (TPSA) is 21.1 Å². The maximum absolute atomic E-state index is 5.43. The van der Waals surface area contributed by atoms with E-state index in [1.54, 1.807) is 6.26 Å². The minimum absolute atomic E-state index is 0. The molecule has 0 N–H and O–H groups in total. The van der Waals surface area contributed by atoms with Crippen molar-refractivity contribution in [2.75, 3.05) is 7.05 Å². The first-order valence-corrected chi connectivity index (χ1v) is 4.64. The van der Waals surface area contributed by atoms with Gasteiger partial charge in [0.15, 0.2) is 6.21 Å². The van der Waals surface area contributed by atoms with E-state index in [4.69, 9.17) is 4.42 Å². The Kier molecular flexibility index (Phi) is 2.68. The SMILES string of the molecule is C[N+]1=Cc2cccn2Cc2ccoc21.[I-]. The van der Waals surface area contributed by atoms with Gasteiger partial charge in [-0.3, -0.25) is 0 Å². The molecule has 2 aromatic heterocycles. The third kappa shape index (κ3) is 1.62. The van der Waals surface area contributed by atoms with Gasteiger partial charge in [-0.05, 0) is 18.2 Å². The summed E-state index contributed by atoms with van der Waals surface area (Å²) in [6.07, 6.45) is 5.90. The predicted octanol–water partition coefficient (Wildman–Crippen LogP) is -1.16. The number of hydrogen-bond acceptors (Lipinski definition) is 1. The molecule has 4 heteroatoms.